The van der Waals surface area contributed by atoms with Crippen LogP contribution in [0.4, 0.5) is 0 Å². The van der Waals surface area contributed by atoms with Gasteiger partial charge in [-0.1, -0.05) is 0 Å². The summed E-state index contributed by atoms with van der Waals surface area (Å²) in [4.78, 5) is 4.43. The number of nitrogens with two attached hydrogens (primary N) is 1. The summed E-state index contributed by atoms with van der Waals surface area (Å²) < 4.78 is 0.976. The van der Waals surface area contributed by atoms with E-state index in [2.05, 4.69) is 26.0 Å². The van der Waals surface area contributed by atoms with Crippen LogP contribution in [0.3, 0.4) is 0 Å². The van der Waals surface area contributed by atoms with E-state index in [1.165, 1.54) is 0 Å². The van der Waals surface area contributed by atoms with Gasteiger partial charge in [0.15, 0.2) is 0 Å². The van der Waals surface area contributed by atoms with E-state index in [0.717, 1.165) is 17.4 Å². The maximum absolute atomic E-state index is 4.85. The van der Waals surface area contributed by atoms with Gasteiger partial charge in [-0.2, -0.15) is 0 Å². The topological polar surface area (TPSA) is 35.2 Å². The molecule has 0 saturated heterocycles. The minimum atomic E-state index is 0.662. The SMILES string of the molecule is C[N+]([13CH3])([13CH3])[13CH2]C[13CH2]ON. The molecule has 0 bridgehead atoms. The summed E-state index contributed by atoms with van der Waals surface area (Å²) in [5.74, 6) is 4.85. The Hall–Kier alpha value is -0.120. The molecule has 56 valence electrons. The second kappa shape index (κ2) is 3.82. The van der Waals surface area contributed by atoms with Crippen LogP contribution in [-0.2, 0) is 4.84 Å². The van der Waals surface area contributed by atoms with Crippen molar-refractivity contribution in [3.63, 3.8) is 0 Å². The highest BCUT2D eigenvalue weighted by atomic mass is 16.7. The first-order valence-electron chi connectivity index (χ1n) is 3.18. The van der Waals surface area contributed by atoms with E-state index in [1.807, 2.05) is 0 Å². The van der Waals surface area contributed by atoms with Crippen molar-refractivity contribution in [1.29, 1.82) is 0 Å². The Balaban J connectivity index is 3.07. The summed E-state index contributed by atoms with van der Waals surface area (Å²) >= 11 is 0. The Bertz CT molecular complexity index is 67.9. The Morgan fingerprint density at radius 2 is 1.89 bits per heavy atom. The predicted molar refractivity (Wildman–Crippen MR) is 37.7 cm³/mol. The van der Waals surface area contributed by atoms with Crippen LogP contribution < -0.4 is 5.90 Å². The third kappa shape index (κ3) is 7.88. The van der Waals surface area contributed by atoms with Gasteiger partial charge in [0.1, 0.15) is 0 Å². The lowest BCUT2D eigenvalue weighted by Crippen LogP contribution is -2.35. The van der Waals surface area contributed by atoms with Crippen LogP contribution in [0, 0.1) is 0 Å². The quantitative estimate of drug-likeness (QED) is 0.256. The van der Waals surface area contributed by atoms with Crippen molar-refractivity contribution in [3.8, 4) is 0 Å². The largest absolute Gasteiger partial charge is 0.331 e. The third-order valence-corrected chi connectivity index (χ3v) is 1.09. The summed E-state index contributed by atoms with van der Waals surface area (Å²) in [7, 11) is 6.45. The monoisotopic (exact) mass is 137 g/mol. The molecule has 3 nitrogen and oxygen atoms in total. The fraction of sp³-hybridized carbons (Fsp3) is 1.00. The smallest absolute Gasteiger partial charge is 0.0803 e. The molecule has 0 fully saturated rings. The second-order valence-corrected chi connectivity index (χ2v) is 3.24. The zero-order valence-corrected chi connectivity index (χ0v) is 6.55. The minimum Gasteiger partial charge on any atom is -0.331 e. The number of quaternary nitrogens is 1. The Kier molecular flexibility index (Phi) is 3.77. The van der Waals surface area contributed by atoms with Crippen molar-refractivity contribution in [1.82, 2.24) is 0 Å². The first kappa shape index (κ1) is 8.88. The van der Waals surface area contributed by atoms with Crippen LogP contribution in [0.1, 0.15) is 6.42 Å². The molecule has 2 N–H and O–H groups in total. The van der Waals surface area contributed by atoms with Gasteiger partial charge in [-0.05, 0) is 0 Å². The molecule has 0 aromatic rings. The molecule has 0 unspecified atom stereocenters. The zero-order chi connectivity index (χ0) is 7.33. The lowest BCUT2D eigenvalue weighted by molar-refractivity contribution is -0.870. The molecule has 3 heteroatoms. The van der Waals surface area contributed by atoms with Crippen LogP contribution in [0.2, 0.25) is 0 Å². The average Bonchev–Trinajstić information content (AvgIpc) is 1.63. The van der Waals surface area contributed by atoms with Crippen molar-refractivity contribution < 1.29 is 9.32 Å². The molecule has 0 aromatic heterocycles. The van der Waals surface area contributed by atoms with Gasteiger partial charge in [-0.15, -0.1) is 0 Å². The summed E-state index contributed by atoms with van der Waals surface area (Å²) in [5, 5.41) is 0. The van der Waals surface area contributed by atoms with Crippen molar-refractivity contribution in [3.05, 3.63) is 0 Å². The maximum Gasteiger partial charge on any atom is 0.0803 e. The van der Waals surface area contributed by atoms with E-state index < -0.39 is 0 Å². The van der Waals surface area contributed by atoms with Gasteiger partial charge >= 0.3 is 0 Å². The Morgan fingerprint density at radius 3 is 2.22 bits per heavy atom. The molecular weight excluding hydrogens is 120 g/mol. The van der Waals surface area contributed by atoms with Gasteiger partial charge in [-0.25, -0.2) is 5.90 Å². The summed E-state index contributed by atoms with van der Waals surface area (Å²) in [6.45, 7) is 1.77. The summed E-state index contributed by atoms with van der Waals surface area (Å²) in [5.41, 5.74) is 0. The molecule has 0 atom stereocenters. The number of rotatable bonds is 4. The van der Waals surface area contributed by atoms with E-state index in [1.54, 1.807) is 0 Å². The van der Waals surface area contributed by atoms with Gasteiger partial charge in [-0.3, -0.25) is 0 Å². The van der Waals surface area contributed by atoms with Gasteiger partial charge < -0.3 is 9.32 Å². The highest BCUT2D eigenvalue weighted by Crippen LogP contribution is 1.91. The van der Waals surface area contributed by atoms with Crippen LogP contribution >= 0.6 is 0 Å². The highest BCUT2D eigenvalue weighted by Gasteiger charge is 2.04. The molecule has 0 aliphatic carbocycles. The van der Waals surface area contributed by atoms with Crippen LogP contribution in [0.15, 0.2) is 0 Å². The zero-order valence-electron chi connectivity index (χ0n) is 6.55. The fourth-order valence-corrected chi connectivity index (χ4v) is 0.622. The number of hydrogen-bond donors (Lipinski definition) is 1. The van der Waals surface area contributed by atoms with Gasteiger partial charge in [0, 0.05) is 6.42 Å². The van der Waals surface area contributed by atoms with Crippen LogP contribution in [0.25, 0.3) is 0 Å². The molecule has 0 spiro atoms. The molecule has 0 radical (unpaired) electrons. The molecule has 0 aliphatic rings. The molecule has 9 heavy (non-hydrogen) atoms. The molecule has 0 heterocycles. The van der Waals surface area contributed by atoms with Crippen molar-refractivity contribution >= 4 is 0 Å². The Morgan fingerprint density at radius 1 is 1.33 bits per heavy atom. The summed E-state index contributed by atoms with van der Waals surface area (Å²) in [6, 6.07) is 0. The van der Waals surface area contributed by atoms with E-state index in [4.69, 9.17) is 5.90 Å². The maximum atomic E-state index is 4.85. The molecule has 0 aliphatic heterocycles. The molecule has 0 aromatic carbocycles. The third-order valence-electron chi connectivity index (χ3n) is 1.09. The normalized spacial score (nSPS) is 12.0. The van der Waals surface area contributed by atoms with Gasteiger partial charge in [0.05, 0.1) is 34.3 Å². The fourth-order valence-electron chi connectivity index (χ4n) is 0.622. The van der Waals surface area contributed by atoms with Gasteiger partial charge in [0.25, 0.3) is 0 Å². The van der Waals surface area contributed by atoms with Crippen molar-refractivity contribution in [2.45, 2.75) is 6.42 Å². The highest BCUT2D eigenvalue weighted by molar-refractivity contribution is 4.30. The first-order chi connectivity index (χ1) is 4.06. The lowest BCUT2D eigenvalue weighted by Gasteiger charge is -2.23. The minimum absolute atomic E-state index is 0.662. The average molecular weight is 137 g/mol. The molecule has 0 saturated carbocycles. The van der Waals surface area contributed by atoms with E-state index in [9.17, 15) is 0 Å². The van der Waals surface area contributed by atoms with Crippen molar-refractivity contribution in [2.75, 3.05) is 34.3 Å². The van der Waals surface area contributed by atoms with Gasteiger partial charge in [0.2, 0.25) is 0 Å². The second-order valence-electron chi connectivity index (χ2n) is 3.24. The van der Waals surface area contributed by atoms with Crippen molar-refractivity contribution in [2.24, 2.45) is 5.90 Å². The molecule has 0 amide bonds. The van der Waals surface area contributed by atoms with E-state index in [-0.39, 0.29) is 0 Å². The Labute approximate surface area is 56.9 Å². The first-order valence-corrected chi connectivity index (χ1v) is 3.18. The number of nitrogens with zero attached hydrogens (tertiary/aromatic N) is 1. The molecular formula is C6H17N2O+. The van der Waals surface area contributed by atoms with E-state index >= 15 is 0 Å². The lowest BCUT2D eigenvalue weighted by atomic mass is 10.8. The van der Waals surface area contributed by atoms with Crippen LogP contribution in [0.5, 0.6) is 0 Å². The molecule has 0 rings (SSSR count). The van der Waals surface area contributed by atoms with Crippen LogP contribution in [-0.4, -0.2) is 38.8 Å². The number of hydrogen-bond acceptors (Lipinski definition) is 2. The van der Waals surface area contributed by atoms with E-state index in [0.29, 0.717) is 6.61 Å². The summed E-state index contributed by atoms with van der Waals surface area (Å²) in [6.07, 6.45) is 1.03. The predicted octanol–water partition coefficient (Wildman–Crippen LogP) is -0.0270. The standard InChI is InChI=1S/C6H17N2O/c1-8(2,3)5-4-6-9-7/h4-7H2,1-3H3/q+1/i1+1,2+1,5+1,6+1.